The van der Waals surface area contributed by atoms with Gasteiger partial charge in [-0.2, -0.15) is 5.26 Å². The maximum atomic E-state index is 11.7. The molecule has 18 heavy (non-hydrogen) atoms. The van der Waals surface area contributed by atoms with Gasteiger partial charge in [-0.25, -0.2) is 0 Å². The summed E-state index contributed by atoms with van der Waals surface area (Å²) in [6, 6.07) is 5.03. The van der Waals surface area contributed by atoms with Gasteiger partial charge in [-0.05, 0) is 18.6 Å². The van der Waals surface area contributed by atoms with Crippen molar-refractivity contribution in [2.45, 2.75) is 19.4 Å². The zero-order valence-electron chi connectivity index (χ0n) is 9.51. The Labute approximate surface area is 108 Å². The highest BCUT2D eigenvalue weighted by Gasteiger charge is 2.17. The Morgan fingerprint density at radius 3 is 2.83 bits per heavy atom. The van der Waals surface area contributed by atoms with Crippen LogP contribution >= 0.6 is 11.6 Å². The largest absolute Gasteiger partial charge is 0.336 e. The van der Waals surface area contributed by atoms with Gasteiger partial charge in [0, 0.05) is 11.6 Å². The second kappa shape index (κ2) is 5.98. The number of nitrogens with one attached hydrogen (secondary N) is 1. The molecule has 7 heteroatoms. The van der Waals surface area contributed by atoms with Crippen molar-refractivity contribution in [2.24, 2.45) is 0 Å². The maximum Gasteiger partial charge on any atom is 0.288 e. The van der Waals surface area contributed by atoms with Gasteiger partial charge in [-0.3, -0.25) is 14.9 Å². The molecule has 0 heterocycles. The van der Waals surface area contributed by atoms with E-state index in [4.69, 9.17) is 16.9 Å². The van der Waals surface area contributed by atoms with Crippen LogP contribution < -0.4 is 5.32 Å². The fourth-order valence-electron chi connectivity index (χ4n) is 1.26. The van der Waals surface area contributed by atoms with E-state index in [-0.39, 0.29) is 16.3 Å². The normalized spacial score (nSPS) is 11.4. The van der Waals surface area contributed by atoms with Crippen LogP contribution in [-0.2, 0) is 0 Å². The van der Waals surface area contributed by atoms with Crippen LogP contribution in [-0.4, -0.2) is 16.9 Å². The Hall–Kier alpha value is -2.13. The van der Waals surface area contributed by atoms with Crippen LogP contribution in [0.1, 0.15) is 23.7 Å². The molecule has 1 amide bonds. The molecule has 0 fully saturated rings. The Morgan fingerprint density at radius 2 is 2.33 bits per heavy atom. The highest BCUT2D eigenvalue weighted by Crippen LogP contribution is 2.25. The summed E-state index contributed by atoms with van der Waals surface area (Å²) in [5.74, 6) is -0.539. The number of benzene rings is 1. The molecule has 1 aromatic carbocycles. The number of amides is 1. The van der Waals surface area contributed by atoms with E-state index in [2.05, 4.69) is 5.32 Å². The zero-order chi connectivity index (χ0) is 13.7. The number of nitro benzene ring substituents is 1. The average molecular weight is 268 g/mol. The molecular formula is C11H10ClN3O3. The highest BCUT2D eigenvalue weighted by molar-refractivity contribution is 6.32. The number of nitriles is 1. The molecule has 1 aromatic rings. The molecule has 6 nitrogen and oxygen atoms in total. The van der Waals surface area contributed by atoms with Crippen LogP contribution in [0.15, 0.2) is 18.2 Å². The minimum atomic E-state index is -0.666. The van der Waals surface area contributed by atoms with Crippen molar-refractivity contribution in [3.8, 4) is 6.07 Å². The van der Waals surface area contributed by atoms with Gasteiger partial charge >= 0.3 is 0 Å². The van der Waals surface area contributed by atoms with Gasteiger partial charge in [0.2, 0.25) is 0 Å². The van der Waals surface area contributed by atoms with Gasteiger partial charge in [0.15, 0.2) is 0 Å². The van der Waals surface area contributed by atoms with E-state index in [1.54, 1.807) is 6.92 Å². The fraction of sp³-hybridized carbons (Fsp3) is 0.273. The molecule has 0 aliphatic carbocycles. The van der Waals surface area contributed by atoms with E-state index in [9.17, 15) is 14.9 Å². The summed E-state index contributed by atoms with van der Waals surface area (Å²) in [6.07, 6.45) is 0.456. The monoisotopic (exact) mass is 267 g/mol. The zero-order valence-corrected chi connectivity index (χ0v) is 10.3. The van der Waals surface area contributed by atoms with Gasteiger partial charge < -0.3 is 5.32 Å². The lowest BCUT2D eigenvalue weighted by atomic mass is 10.1. The predicted molar refractivity (Wildman–Crippen MR) is 65.3 cm³/mol. The van der Waals surface area contributed by atoms with Crippen molar-refractivity contribution in [3.05, 3.63) is 38.9 Å². The van der Waals surface area contributed by atoms with E-state index in [0.29, 0.717) is 6.42 Å². The van der Waals surface area contributed by atoms with E-state index >= 15 is 0 Å². The van der Waals surface area contributed by atoms with Crippen LogP contribution in [0.2, 0.25) is 5.02 Å². The van der Waals surface area contributed by atoms with Gasteiger partial charge in [-0.1, -0.05) is 18.5 Å². The van der Waals surface area contributed by atoms with Crippen LogP contribution in [0.3, 0.4) is 0 Å². The molecular weight excluding hydrogens is 258 g/mol. The molecule has 0 aliphatic rings. The summed E-state index contributed by atoms with van der Waals surface area (Å²) in [6.45, 7) is 1.75. The third kappa shape index (κ3) is 3.18. The summed E-state index contributed by atoms with van der Waals surface area (Å²) in [7, 11) is 0. The van der Waals surface area contributed by atoms with Crippen molar-refractivity contribution >= 4 is 23.2 Å². The van der Waals surface area contributed by atoms with Gasteiger partial charge in [0.1, 0.15) is 11.1 Å². The molecule has 0 aliphatic heterocycles. The number of hydrogen-bond acceptors (Lipinski definition) is 4. The number of carbonyl (C=O) groups is 1. The topological polar surface area (TPSA) is 96.0 Å². The van der Waals surface area contributed by atoms with Crippen molar-refractivity contribution < 1.29 is 9.72 Å². The molecule has 0 radical (unpaired) electrons. The van der Waals surface area contributed by atoms with E-state index < -0.39 is 16.9 Å². The Kier molecular flexibility index (Phi) is 4.63. The Bertz CT molecular complexity index is 525. The molecule has 1 N–H and O–H groups in total. The maximum absolute atomic E-state index is 11.7. The van der Waals surface area contributed by atoms with E-state index in [1.807, 2.05) is 6.07 Å². The number of hydrogen-bond donors (Lipinski definition) is 1. The van der Waals surface area contributed by atoms with Gasteiger partial charge in [-0.15, -0.1) is 0 Å². The van der Waals surface area contributed by atoms with Crippen LogP contribution in [0, 0.1) is 21.4 Å². The van der Waals surface area contributed by atoms with Crippen LogP contribution in [0.5, 0.6) is 0 Å². The summed E-state index contributed by atoms with van der Waals surface area (Å²) in [5, 5.41) is 21.8. The molecule has 0 saturated heterocycles. The smallest absolute Gasteiger partial charge is 0.288 e. The first kappa shape index (κ1) is 13.9. The summed E-state index contributed by atoms with van der Waals surface area (Å²) < 4.78 is 0. The Balaban J connectivity index is 2.97. The lowest BCUT2D eigenvalue weighted by Gasteiger charge is -2.09. The van der Waals surface area contributed by atoms with Crippen molar-refractivity contribution in [1.29, 1.82) is 5.26 Å². The molecule has 1 atom stereocenters. The highest BCUT2D eigenvalue weighted by atomic mass is 35.5. The average Bonchev–Trinajstić information content (AvgIpc) is 2.35. The summed E-state index contributed by atoms with van der Waals surface area (Å²) in [5.41, 5.74) is -0.242. The van der Waals surface area contributed by atoms with Gasteiger partial charge in [0.05, 0.1) is 11.0 Å². The first-order valence-electron chi connectivity index (χ1n) is 5.14. The summed E-state index contributed by atoms with van der Waals surface area (Å²) in [4.78, 5) is 21.7. The van der Waals surface area contributed by atoms with Crippen LogP contribution in [0.4, 0.5) is 5.69 Å². The number of nitrogens with zero attached hydrogens (tertiary/aromatic N) is 2. The first-order chi connectivity index (χ1) is 8.49. The number of rotatable bonds is 4. The molecule has 0 spiro atoms. The number of carbonyl (C=O) groups excluding carboxylic acids is 1. The molecule has 1 rings (SSSR count). The first-order valence-corrected chi connectivity index (χ1v) is 5.51. The second-order valence-corrected chi connectivity index (χ2v) is 3.89. The quantitative estimate of drug-likeness (QED) is 0.668. The molecule has 94 valence electrons. The molecule has 1 unspecified atom stereocenters. The minimum Gasteiger partial charge on any atom is -0.336 e. The van der Waals surface area contributed by atoms with E-state index in [1.165, 1.54) is 12.1 Å². The SMILES string of the molecule is CCC(C#N)NC(=O)c1ccc(Cl)c([N+](=O)[O-])c1. The standard InChI is InChI=1S/C11H10ClN3O3/c1-2-8(6-13)14-11(16)7-3-4-9(12)10(5-7)15(17)18/h3-5,8H,2H2,1H3,(H,14,16). The predicted octanol–water partition coefficient (Wildman–Crippen LogP) is 2.28. The van der Waals surface area contributed by atoms with Crippen molar-refractivity contribution in [3.63, 3.8) is 0 Å². The fourth-order valence-corrected chi connectivity index (χ4v) is 1.45. The molecule has 0 bridgehead atoms. The third-order valence-corrected chi connectivity index (χ3v) is 2.59. The van der Waals surface area contributed by atoms with Crippen LogP contribution in [0.25, 0.3) is 0 Å². The van der Waals surface area contributed by atoms with Gasteiger partial charge in [0.25, 0.3) is 11.6 Å². The van der Waals surface area contributed by atoms with E-state index in [0.717, 1.165) is 6.07 Å². The van der Waals surface area contributed by atoms with Crippen molar-refractivity contribution in [1.82, 2.24) is 5.32 Å². The number of nitro groups is 1. The minimum absolute atomic E-state index is 0.0381. The Morgan fingerprint density at radius 1 is 1.67 bits per heavy atom. The molecule has 0 aromatic heterocycles. The number of halogens is 1. The second-order valence-electron chi connectivity index (χ2n) is 3.49. The lowest BCUT2D eigenvalue weighted by Crippen LogP contribution is -2.33. The lowest BCUT2D eigenvalue weighted by molar-refractivity contribution is -0.384. The molecule has 0 saturated carbocycles. The van der Waals surface area contributed by atoms with Crippen molar-refractivity contribution in [2.75, 3.05) is 0 Å². The third-order valence-electron chi connectivity index (χ3n) is 2.27. The summed E-state index contributed by atoms with van der Waals surface area (Å²) >= 11 is 5.63.